The van der Waals surface area contributed by atoms with E-state index in [0.29, 0.717) is 11.3 Å². The van der Waals surface area contributed by atoms with Gasteiger partial charge in [0.1, 0.15) is 11.5 Å². The van der Waals surface area contributed by atoms with Crippen molar-refractivity contribution in [1.29, 1.82) is 0 Å². The van der Waals surface area contributed by atoms with Gasteiger partial charge in [-0.25, -0.2) is 0 Å². The van der Waals surface area contributed by atoms with E-state index in [2.05, 4.69) is 0 Å². The number of furan rings is 1. The van der Waals surface area contributed by atoms with Crippen molar-refractivity contribution < 1.29 is 14.0 Å². The molecule has 3 heterocycles. The van der Waals surface area contributed by atoms with Crippen LogP contribution in [0.15, 0.2) is 53.3 Å². The van der Waals surface area contributed by atoms with Crippen LogP contribution in [0.5, 0.6) is 0 Å². The molecule has 0 saturated carbocycles. The van der Waals surface area contributed by atoms with Gasteiger partial charge >= 0.3 is 0 Å². The third-order valence-electron chi connectivity index (χ3n) is 2.91. The fourth-order valence-corrected chi connectivity index (χ4v) is 2.09. The van der Waals surface area contributed by atoms with Crippen molar-refractivity contribution in [3.8, 4) is 11.3 Å². The second kappa shape index (κ2) is 4.13. The lowest BCUT2D eigenvalue weighted by Crippen LogP contribution is -2.24. The fourth-order valence-electron chi connectivity index (χ4n) is 2.09. The Kier molecular flexibility index (Phi) is 2.45. The summed E-state index contributed by atoms with van der Waals surface area (Å²) in [5, 5.41) is 0. The standard InChI is InChI=1S/C14H10N2O3/c15-14(18)13(17)12-10(11-5-3-7-19-11)8-9-4-1-2-6-16(9)12/h1-8H,(H2,15,18). The molecule has 3 aromatic heterocycles. The summed E-state index contributed by atoms with van der Waals surface area (Å²) in [6.07, 6.45) is 3.22. The molecule has 0 radical (unpaired) electrons. The summed E-state index contributed by atoms with van der Waals surface area (Å²) in [6, 6.07) is 10.7. The Hall–Kier alpha value is -2.82. The van der Waals surface area contributed by atoms with Crippen LogP contribution in [-0.4, -0.2) is 16.1 Å². The Morgan fingerprint density at radius 2 is 2.00 bits per heavy atom. The zero-order valence-corrected chi connectivity index (χ0v) is 9.87. The molecule has 19 heavy (non-hydrogen) atoms. The number of primary amides is 1. The van der Waals surface area contributed by atoms with Crippen LogP contribution in [0.2, 0.25) is 0 Å². The van der Waals surface area contributed by atoms with Gasteiger partial charge in [0.05, 0.1) is 6.26 Å². The highest BCUT2D eigenvalue weighted by Crippen LogP contribution is 2.28. The van der Waals surface area contributed by atoms with Crippen LogP contribution >= 0.6 is 0 Å². The van der Waals surface area contributed by atoms with Crippen LogP contribution < -0.4 is 5.73 Å². The number of pyridine rings is 1. The van der Waals surface area contributed by atoms with E-state index >= 15 is 0 Å². The van der Waals surface area contributed by atoms with E-state index < -0.39 is 11.7 Å². The SMILES string of the molecule is NC(=O)C(=O)c1c(-c2ccco2)cc2ccccn12. The molecule has 5 nitrogen and oxygen atoms in total. The first-order valence-corrected chi connectivity index (χ1v) is 5.66. The van der Waals surface area contributed by atoms with Crippen LogP contribution in [0.3, 0.4) is 0 Å². The normalized spacial score (nSPS) is 10.7. The van der Waals surface area contributed by atoms with Gasteiger partial charge in [0.25, 0.3) is 11.7 Å². The molecule has 5 heteroatoms. The molecular weight excluding hydrogens is 244 g/mol. The number of nitrogens with zero attached hydrogens (tertiary/aromatic N) is 1. The molecule has 0 atom stereocenters. The highest BCUT2D eigenvalue weighted by molar-refractivity contribution is 6.43. The lowest BCUT2D eigenvalue weighted by Gasteiger charge is -2.01. The minimum atomic E-state index is -0.989. The van der Waals surface area contributed by atoms with Crippen molar-refractivity contribution in [3.63, 3.8) is 0 Å². The summed E-state index contributed by atoms with van der Waals surface area (Å²) >= 11 is 0. The van der Waals surface area contributed by atoms with Gasteiger partial charge in [-0.15, -0.1) is 0 Å². The molecular formula is C14H10N2O3. The zero-order valence-electron chi connectivity index (χ0n) is 9.87. The van der Waals surface area contributed by atoms with Gasteiger partial charge in [-0.1, -0.05) is 6.07 Å². The van der Waals surface area contributed by atoms with E-state index in [4.69, 9.17) is 10.2 Å². The van der Waals surface area contributed by atoms with Gasteiger partial charge in [-0.2, -0.15) is 0 Å². The number of ketones is 1. The largest absolute Gasteiger partial charge is 0.464 e. The molecule has 0 aliphatic carbocycles. The molecule has 0 spiro atoms. The second-order valence-corrected chi connectivity index (χ2v) is 4.07. The van der Waals surface area contributed by atoms with Crippen molar-refractivity contribution in [2.75, 3.05) is 0 Å². The third kappa shape index (κ3) is 1.72. The molecule has 2 N–H and O–H groups in total. The number of aromatic nitrogens is 1. The molecule has 94 valence electrons. The van der Waals surface area contributed by atoms with E-state index in [1.165, 1.54) is 6.26 Å². The number of fused-ring (bicyclic) bond motifs is 1. The first-order valence-electron chi connectivity index (χ1n) is 5.66. The zero-order chi connectivity index (χ0) is 13.4. The maximum atomic E-state index is 12.0. The Bertz CT molecular complexity index is 769. The average molecular weight is 254 g/mol. The number of rotatable bonds is 3. The van der Waals surface area contributed by atoms with Crippen molar-refractivity contribution in [2.45, 2.75) is 0 Å². The molecule has 0 saturated heterocycles. The van der Waals surface area contributed by atoms with Crippen molar-refractivity contribution in [1.82, 2.24) is 4.40 Å². The van der Waals surface area contributed by atoms with Gasteiger partial charge in [0, 0.05) is 17.3 Å². The Morgan fingerprint density at radius 1 is 1.16 bits per heavy atom. The van der Waals surface area contributed by atoms with Crippen LogP contribution in [0.25, 0.3) is 16.8 Å². The lowest BCUT2D eigenvalue weighted by atomic mass is 10.1. The molecule has 0 aliphatic rings. The van der Waals surface area contributed by atoms with E-state index in [0.717, 1.165) is 5.52 Å². The summed E-state index contributed by atoms with van der Waals surface area (Å²) in [4.78, 5) is 23.2. The predicted octanol–water partition coefficient (Wildman–Crippen LogP) is 1.87. The summed E-state index contributed by atoms with van der Waals surface area (Å²) in [5.41, 5.74) is 6.67. The number of hydrogen-bond acceptors (Lipinski definition) is 3. The van der Waals surface area contributed by atoms with Crippen molar-refractivity contribution in [2.24, 2.45) is 5.73 Å². The Labute approximate surface area is 108 Å². The van der Waals surface area contributed by atoms with E-state index in [1.807, 2.05) is 12.1 Å². The van der Waals surface area contributed by atoms with E-state index in [-0.39, 0.29) is 5.69 Å². The maximum absolute atomic E-state index is 12.0. The molecule has 0 aromatic carbocycles. The second-order valence-electron chi connectivity index (χ2n) is 4.07. The Balaban J connectivity index is 2.35. The first kappa shape index (κ1) is 11.3. The van der Waals surface area contributed by atoms with Crippen LogP contribution in [0, 0.1) is 0 Å². The predicted molar refractivity (Wildman–Crippen MR) is 68.6 cm³/mol. The minimum absolute atomic E-state index is 0.220. The lowest BCUT2D eigenvalue weighted by molar-refractivity contribution is -0.114. The number of carbonyl (C=O) groups is 2. The highest BCUT2D eigenvalue weighted by Gasteiger charge is 2.23. The van der Waals surface area contributed by atoms with E-state index in [1.54, 1.807) is 34.9 Å². The summed E-state index contributed by atoms with van der Waals surface area (Å²) in [7, 11) is 0. The number of nitrogens with two attached hydrogens (primary N) is 1. The number of hydrogen-bond donors (Lipinski definition) is 1. The monoisotopic (exact) mass is 254 g/mol. The van der Waals surface area contributed by atoms with Crippen molar-refractivity contribution >= 4 is 17.2 Å². The topological polar surface area (TPSA) is 77.7 Å². The molecule has 0 unspecified atom stereocenters. The highest BCUT2D eigenvalue weighted by atomic mass is 16.3. The third-order valence-corrected chi connectivity index (χ3v) is 2.91. The summed E-state index contributed by atoms with van der Waals surface area (Å²) < 4.78 is 6.93. The molecule has 0 fully saturated rings. The van der Waals surface area contributed by atoms with Gasteiger partial charge < -0.3 is 14.6 Å². The van der Waals surface area contributed by atoms with Crippen LogP contribution in [-0.2, 0) is 4.79 Å². The minimum Gasteiger partial charge on any atom is -0.464 e. The maximum Gasteiger partial charge on any atom is 0.291 e. The van der Waals surface area contributed by atoms with Crippen LogP contribution in [0.1, 0.15) is 10.5 Å². The van der Waals surface area contributed by atoms with Gasteiger partial charge in [-0.05, 0) is 30.3 Å². The van der Waals surface area contributed by atoms with Gasteiger partial charge in [0.2, 0.25) is 0 Å². The molecule has 3 rings (SSSR count). The quantitative estimate of drug-likeness (QED) is 0.572. The smallest absolute Gasteiger partial charge is 0.291 e. The van der Waals surface area contributed by atoms with Gasteiger partial charge in [-0.3, -0.25) is 9.59 Å². The Morgan fingerprint density at radius 3 is 2.68 bits per heavy atom. The molecule has 1 amide bonds. The summed E-state index contributed by atoms with van der Waals surface area (Å²) in [6.45, 7) is 0. The number of carbonyl (C=O) groups excluding carboxylic acids is 2. The number of amides is 1. The molecule has 0 aliphatic heterocycles. The molecule has 0 bridgehead atoms. The van der Waals surface area contributed by atoms with Gasteiger partial charge in [0.15, 0.2) is 0 Å². The fraction of sp³-hybridized carbons (Fsp3) is 0. The summed E-state index contributed by atoms with van der Waals surface area (Å²) in [5.74, 6) is -1.21. The van der Waals surface area contributed by atoms with E-state index in [9.17, 15) is 9.59 Å². The number of Topliss-reactive ketones (excluding diaryl/α,β-unsaturated/α-hetero) is 1. The first-order chi connectivity index (χ1) is 9.18. The average Bonchev–Trinajstić information content (AvgIpc) is 3.04. The molecule has 3 aromatic rings. The van der Waals surface area contributed by atoms with Crippen molar-refractivity contribution in [3.05, 3.63) is 54.6 Å². The van der Waals surface area contributed by atoms with Crippen LogP contribution in [0.4, 0.5) is 0 Å².